The normalized spacial score (nSPS) is 11.9. The minimum absolute atomic E-state index is 0.697. The second kappa shape index (κ2) is 10.8. The third kappa shape index (κ3) is 7.19. The monoisotopic (exact) mass is 394 g/mol. The number of benzene rings is 3. The molecule has 0 radical (unpaired) electrons. The third-order valence-electron chi connectivity index (χ3n) is 5.12. The van der Waals surface area contributed by atoms with Crippen LogP contribution in [-0.2, 0) is 12.8 Å². The Balaban J connectivity index is 1.58. The standard InChI is InChI=1S/C30H34/c1-23(2)21-29-17-13-27(14-18-29)11-9-25-5-7-26(8-6-25)10-12-28-15-19-30(20-16-28)22-24(3)4/h5-20,23-24H,21-22H2,1-4H3/b11-9+,12-10?. The van der Waals surface area contributed by atoms with Gasteiger partial charge in [-0.1, -0.05) is 125 Å². The summed E-state index contributed by atoms with van der Waals surface area (Å²) in [6.07, 6.45) is 11.0. The van der Waals surface area contributed by atoms with Crippen molar-refractivity contribution in [1.82, 2.24) is 0 Å². The maximum atomic E-state index is 2.26. The Labute approximate surface area is 183 Å². The van der Waals surface area contributed by atoms with Gasteiger partial charge in [-0.2, -0.15) is 0 Å². The topological polar surface area (TPSA) is 0 Å². The lowest BCUT2D eigenvalue weighted by molar-refractivity contribution is 0.647. The van der Waals surface area contributed by atoms with Crippen LogP contribution in [0.4, 0.5) is 0 Å². The molecule has 0 atom stereocenters. The summed E-state index contributed by atoms with van der Waals surface area (Å²) in [6.45, 7) is 9.04. The van der Waals surface area contributed by atoms with E-state index in [4.69, 9.17) is 0 Å². The second-order valence-corrected chi connectivity index (χ2v) is 9.01. The van der Waals surface area contributed by atoms with E-state index in [1.165, 1.54) is 33.4 Å². The van der Waals surface area contributed by atoms with Gasteiger partial charge in [0.2, 0.25) is 0 Å². The highest BCUT2D eigenvalue weighted by Crippen LogP contribution is 2.15. The first-order valence-corrected chi connectivity index (χ1v) is 11.1. The van der Waals surface area contributed by atoms with Gasteiger partial charge in [0.15, 0.2) is 0 Å². The molecule has 30 heavy (non-hydrogen) atoms. The fourth-order valence-electron chi connectivity index (χ4n) is 3.58. The zero-order valence-corrected chi connectivity index (χ0v) is 18.8. The molecule has 0 fully saturated rings. The molecular formula is C30H34. The molecule has 0 aromatic heterocycles. The van der Waals surface area contributed by atoms with Gasteiger partial charge in [-0.25, -0.2) is 0 Å². The lowest BCUT2D eigenvalue weighted by atomic mass is 10.0. The van der Waals surface area contributed by atoms with Gasteiger partial charge < -0.3 is 0 Å². The van der Waals surface area contributed by atoms with Gasteiger partial charge in [0.1, 0.15) is 0 Å². The van der Waals surface area contributed by atoms with E-state index in [1.54, 1.807) is 0 Å². The lowest BCUT2D eigenvalue weighted by Crippen LogP contribution is -1.93. The molecule has 0 amide bonds. The molecular weight excluding hydrogens is 360 g/mol. The molecule has 3 rings (SSSR count). The third-order valence-corrected chi connectivity index (χ3v) is 5.12. The summed E-state index contributed by atoms with van der Waals surface area (Å²) in [5, 5.41) is 0. The van der Waals surface area contributed by atoms with Crippen LogP contribution in [0.15, 0.2) is 72.8 Å². The quantitative estimate of drug-likeness (QED) is 0.336. The Bertz CT molecular complexity index is 868. The average molecular weight is 395 g/mol. The number of rotatable bonds is 8. The van der Waals surface area contributed by atoms with E-state index in [0.717, 1.165) is 12.8 Å². The van der Waals surface area contributed by atoms with Crippen molar-refractivity contribution in [3.63, 3.8) is 0 Å². The summed E-state index contributed by atoms with van der Waals surface area (Å²) in [5.41, 5.74) is 7.74. The Morgan fingerprint density at radius 3 is 0.900 bits per heavy atom. The molecule has 0 bridgehead atoms. The van der Waals surface area contributed by atoms with Crippen molar-refractivity contribution in [2.45, 2.75) is 40.5 Å². The van der Waals surface area contributed by atoms with Crippen molar-refractivity contribution in [2.75, 3.05) is 0 Å². The van der Waals surface area contributed by atoms with E-state index in [9.17, 15) is 0 Å². The summed E-state index contributed by atoms with van der Waals surface area (Å²) in [4.78, 5) is 0. The number of hydrogen-bond acceptors (Lipinski definition) is 0. The first-order valence-electron chi connectivity index (χ1n) is 11.1. The van der Waals surface area contributed by atoms with Crippen molar-refractivity contribution in [3.8, 4) is 0 Å². The van der Waals surface area contributed by atoms with Gasteiger partial charge in [0.25, 0.3) is 0 Å². The Hall–Kier alpha value is -2.86. The van der Waals surface area contributed by atoms with Gasteiger partial charge in [-0.05, 0) is 58.1 Å². The van der Waals surface area contributed by atoms with Crippen LogP contribution in [0.5, 0.6) is 0 Å². The minimum atomic E-state index is 0.697. The summed E-state index contributed by atoms with van der Waals surface area (Å²) < 4.78 is 0. The Morgan fingerprint density at radius 1 is 0.433 bits per heavy atom. The highest BCUT2D eigenvalue weighted by molar-refractivity contribution is 5.73. The molecule has 0 unspecified atom stereocenters. The molecule has 3 aromatic carbocycles. The highest BCUT2D eigenvalue weighted by Gasteiger charge is 1.98. The molecule has 0 aliphatic rings. The van der Waals surface area contributed by atoms with E-state index >= 15 is 0 Å². The summed E-state index contributed by atoms with van der Waals surface area (Å²) >= 11 is 0. The summed E-state index contributed by atoms with van der Waals surface area (Å²) in [5.74, 6) is 1.39. The summed E-state index contributed by atoms with van der Waals surface area (Å²) in [6, 6.07) is 26.5. The van der Waals surface area contributed by atoms with Gasteiger partial charge >= 0.3 is 0 Å². The Morgan fingerprint density at radius 2 is 0.667 bits per heavy atom. The first-order chi connectivity index (χ1) is 14.5. The predicted molar refractivity (Wildman–Crippen MR) is 134 cm³/mol. The molecule has 0 saturated heterocycles. The van der Waals surface area contributed by atoms with Gasteiger partial charge in [-0.15, -0.1) is 0 Å². The van der Waals surface area contributed by atoms with Gasteiger partial charge in [0.05, 0.1) is 0 Å². The lowest BCUT2D eigenvalue weighted by Gasteiger charge is -2.05. The zero-order valence-electron chi connectivity index (χ0n) is 18.8. The minimum Gasteiger partial charge on any atom is -0.0625 e. The molecule has 3 aromatic rings. The van der Waals surface area contributed by atoms with Crippen LogP contribution in [0.3, 0.4) is 0 Å². The largest absolute Gasteiger partial charge is 0.0625 e. The molecule has 0 aliphatic heterocycles. The van der Waals surface area contributed by atoms with E-state index in [0.29, 0.717) is 11.8 Å². The molecule has 0 heterocycles. The van der Waals surface area contributed by atoms with Crippen molar-refractivity contribution < 1.29 is 0 Å². The first kappa shape index (κ1) is 21.8. The zero-order chi connectivity index (χ0) is 21.3. The maximum absolute atomic E-state index is 2.26. The second-order valence-electron chi connectivity index (χ2n) is 9.01. The Kier molecular flexibility index (Phi) is 7.85. The summed E-state index contributed by atoms with van der Waals surface area (Å²) in [7, 11) is 0. The van der Waals surface area contributed by atoms with E-state index in [-0.39, 0.29) is 0 Å². The molecule has 0 heteroatoms. The molecule has 0 aliphatic carbocycles. The number of hydrogen-bond donors (Lipinski definition) is 0. The van der Waals surface area contributed by atoms with Crippen molar-refractivity contribution >= 4 is 24.3 Å². The molecule has 154 valence electrons. The average Bonchev–Trinajstić information content (AvgIpc) is 2.73. The fourth-order valence-corrected chi connectivity index (χ4v) is 3.58. The van der Waals surface area contributed by atoms with Crippen LogP contribution in [0.1, 0.15) is 61.1 Å². The van der Waals surface area contributed by atoms with Crippen LogP contribution in [-0.4, -0.2) is 0 Å². The van der Waals surface area contributed by atoms with E-state index in [1.807, 2.05) is 0 Å². The van der Waals surface area contributed by atoms with E-state index < -0.39 is 0 Å². The van der Waals surface area contributed by atoms with Gasteiger partial charge in [0, 0.05) is 0 Å². The van der Waals surface area contributed by atoms with Crippen LogP contribution < -0.4 is 0 Å². The van der Waals surface area contributed by atoms with Crippen molar-refractivity contribution in [1.29, 1.82) is 0 Å². The van der Waals surface area contributed by atoms with Crippen LogP contribution in [0.25, 0.3) is 24.3 Å². The van der Waals surface area contributed by atoms with Gasteiger partial charge in [-0.3, -0.25) is 0 Å². The molecule has 0 N–H and O–H groups in total. The fraction of sp³-hybridized carbons (Fsp3) is 0.267. The predicted octanol–water partition coefficient (Wildman–Crippen LogP) is 8.42. The highest BCUT2D eigenvalue weighted by atomic mass is 14.0. The van der Waals surface area contributed by atoms with Crippen molar-refractivity contribution in [3.05, 3.63) is 106 Å². The molecule has 0 nitrogen and oxygen atoms in total. The SMILES string of the molecule is CC(C)Cc1ccc(C=Cc2ccc(/C=C/c3ccc(CC(C)C)cc3)cc2)cc1. The van der Waals surface area contributed by atoms with Crippen LogP contribution >= 0.6 is 0 Å². The van der Waals surface area contributed by atoms with Crippen LogP contribution in [0, 0.1) is 11.8 Å². The smallest absolute Gasteiger partial charge is 0.0256 e. The van der Waals surface area contributed by atoms with Crippen molar-refractivity contribution in [2.24, 2.45) is 11.8 Å². The van der Waals surface area contributed by atoms with E-state index in [2.05, 4.69) is 125 Å². The molecule has 0 saturated carbocycles. The molecule has 0 spiro atoms. The maximum Gasteiger partial charge on any atom is -0.0256 e. The van der Waals surface area contributed by atoms with Crippen LogP contribution in [0.2, 0.25) is 0 Å².